The molecule has 0 radical (unpaired) electrons. The van der Waals surface area contributed by atoms with Gasteiger partial charge in [0, 0.05) is 4.47 Å². The van der Waals surface area contributed by atoms with Crippen molar-refractivity contribution in [3.05, 3.63) is 34.3 Å². The van der Waals surface area contributed by atoms with Crippen molar-refractivity contribution in [3.8, 4) is 0 Å². The topological polar surface area (TPSA) is 32.3 Å². The summed E-state index contributed by atoms with van der Waals surface area (Å²) >= 11 is 3.45. The van der Waals surface area contributed by atoms with E-state index in [0.29, 0.717) is 0 Å². The van der Waals surface area contributed by atoms with Crippen LogP contribution >= 0.6 is 15.9 Å². The Hall–Kier alpha value is -0.380. The van der Waals surface area contributed by atoms with Crippen LogP contribution < -0.4 is 5.32 Å². The van der Waals surface area contributed by atoms with E-state index in [4.69, 9.17) is 0 Å². The van der Waals surface area contributed by atoms with Crippen LogP contribution in [0.15, 0.2) is 28.7 Å². The molecule has 1 aromatic rings. The lowest BCUT2D eigenvalue weighted by Crippen LogP contribution is -2.46. The second-order valence-corrected chi connectivity index (χ2v) is 5.84. The first-order chi connectivity index (χ1) is 8.20. The highest BCUT2D eigenvalue weighted by Gasteiger charge is 2.31. The molecule has 1 unspecified atom stereocenters. The Labute approximate surface area is 112 Å². The van der Waals surface area contributed by atoms with Gasteiger partial charge in [-0.3, -0.25) is 0 Å². The number of aliphatic hydroxyl groups excluding tert-OH is 1. The molecule has 2 rings (SSSR count). The first-order valence-electron chi connectivity index (χ1n) is 6.32. The van der Waals surface area contributed by atoms with Gasteiger partial charge in [0.2, 0.25) is 0 Å². The third kappa shape index (κ3) is 3.09. The van der Waals surface area contributed by atoms with Gasteiger partial charge < -0.3 is 10.4 Å². The van der Waals surface area contributed by atoms with Crippen LogP contribution in [0.2, 0.25) is 0 Å². The van der Waals surface area contributed by atoms with Crippen molar-refractivity contribution in [2.24, 2.45) is 5.92 Å². The number of halogens is 1. The number of benzene rings is 1. The van der Waals surface area contributed by atoms with Crippen molar-refractivity contribution >= 4 is 15.9 Å². The molecule has 0 saturated heterocycles. The van der Waals surface area contributed by atoms with E-state index in [2.05, 4.69) is 40.3 Å². The maximum absolute atomic E-state index is 9.76. The molecule has 94 valence electrons. The molecule has 0 bridgehead atoms. The standard InChI is InChI=1S/C14H20BrNO/c1-2-14(10-17,16-9-11-3-4-11)12-5-7-13(15)8-6-12/h5-8,11,16-17H,2-4,9-10H2,1H3. The van der Waals surface area contributed by atoms with Crippen molar-refractivity contribution < 1.29 is 5.11 Å². The maximum Gasteiger partial charge on any atom is 0.0666 e. The molecule has 1 fully saturated rings. The van der Waals surface area contributed by atoms with Crippen LogP contribution in [0.1, 0.15) is 31.7 Å². The van der Waals surface area contributed by atoms with Gasteiger partial charge in [0.1, 0.15) is 0 Å². The number of aliphatic hydroxyl groups is 1. The molecule has 1 saturated carbocycles. The molecule has 0 heterocycles. The monoisotopic (exact) mass is 297 g/mol. The fourth-order valence-electron chi connectivity index (χ4n) is 2.12. The largest absolute Gasteiger partial charge is 0.394 e. The Morgan fingerprint density at radius 1 is 1.35 bits per heavy atom. The zero-order valence-corrected chi connectivity index (χ0v) is 11.8. The third-order valence-electron chi connectivity index (χ3n) is 3.70. The normalized spacial score (nSPS) is 19.0. The summed E-state index contributed by atoms with van der Waals surface area (Å²) in [5.74, 6) is 0.822. The first kappa shape index (κ1) is 13.1. The molecular formula is C14H20BrNO. The molecule has 0 spiro atoms. The third-order valence-corrected chi connectivity index (χ3v) is 4.22. The van der Waals surface area contributed by atoms with E-state index in [1.54, 1.807) is 0 Å². The van der Waals surface area contributed by atoms with Crippen LogP contribution in [0.25, 0.3) is 0 Å². The molecule has 2 nitrogen and oxygen atoms in total. The van der Waals surface area contributed by atoms with E-state index >= 15 is 0 Å². The number of hydrogen-bond acceptors (Lipinski definition) is 2. The average Bonchev–Trinajstić information content (AvgIpc) is 3.17. The summed E-state index contributed by atoms with van der Waals surface area (Å²) in [6.07, 6.45) is 3.56. The fraction of sp³-hybridized carbons (Fsp3) is 0.571. The highest BCUT2D eigenvalue weighted by Crippen LogP contribution is 2.31. The molecule has 3 heteroatoms. The van der Waals surface area contributed by atoms with Gasteiger partial charge >= 0.3 is 0 Å². The van der Waals surface area contributed by atoms with Crippen molar-refractivity contribution in [2.45, 2.75) is 31.7 Å². The van der Waals surface area contributed by atoms with Gasteiger partial charge in [-0.1, -0.05) is 35.0 Å². The van der Waals surface area contributed by atoms with E-state index < -0.39 is 0 Å². The van der Waals surface area contributed by atoms with Gasteiger partial charge in [0.05, 0.1) is 12.1 Å². The Balaban J connectivity index is 2.15. The van der Waals surface area contributed by atoms with Crippen LogP contribution in [0.3, 0.4) is 0 Å². The summed E-state index contributed by atoms with van der Waals surface area (Å²) in [4.78, 5) is 0. The second-order valence-electron chi connectivity index (χ2n) is 4.92. The summed E-state index contributed by atoms with van der Waals surface area (Å²) < 4.78 is 1.08. The van der Waals surface area contributed by atoms with Crippen molar-refractivity contribution in [3.63, 3.8) is 0 Å². The number of hydrogen-bond donors (Lipinski definition) is 2. The molecule has 1 aliphatic carbocycles. The molecule has 1 aliphatic rings. The Kier molecular flexibility index (Phi) is 4.23. The summed E-state index contributed by atoms with van der Waals surface area (Å²) in [6.45, 7) is 3.29. The Morgan fingerprint density at radius 3 is 2.47 bits per heavy atom. The lowest BCUT2D eigenvalue weighted by Gasteiger charge is -2.33. The quantitative estimate of drug-likeness (QED) is 0.846. The summed E-state index contributed by atoms with van der Waals surface area (Å²) in [6, 6.07) is 8.25. The SMILES string of the molecule is CCC(CO)(NCC1CC1)c1ccc(Br)cc1. The number of rotatable bonds is 6. The highest BCUT2D eigenvalue weighted by atomic mass is 79.9. The van der Waals surface area contributed by atoms with E-state index in [-0.39, 0.29) is 12.1 Å². The second kappa shape index (κ2) is 5.51. The van der Waals surface area contributed by atoms with Gasteiger partial charge in [-0.25, -0.2) is 0 Å². The van der Waals surface area contributed by atoms with Gasteiger partial charge in [0.25, 0.3) is 0 Å². The Morgan fingerprint density at radius 2 is 2.00 bits per heavy atom. The molecule has 1 atom stereocenters. The van der Waals surface area contributed by atoms with Gasteiger partial charge in [-0.15, -0.1) is 0 Å². The van der Waals surface area contributed by atoms with E-state index in [0.717, 1.165) is 23.4 Å². The number of nitrogens with one attached hydrogen (secondary N) is 1. The minimum absolute atomic E-state index is 0.151. The lowest BCUT2D eigenvalue weighted by molar-refractivity contribution is 0.154. The maximum atomic E-state index is 9.76. The molecule has 0 aliphatic heterocycles. The molecule has 1 aromatic carbocycles. The predicted molar refractivity (Wildman–Crippen MR) is 73.9 cm³/mol. The zero-order chi connectivity index (χ0) is 12.3. The lowest BCUT2D eigenvalue weighted by atomic mass is 9.88. The highest BCUT2D eigenvalue weighted by molar-refractivity contribution is 9.10. The minimum Gasteiger partial charge on any atom is -0.394 e. The van der Waals surface area contributed by atoms with E-state index in [1.165, 1.54) is 18.4 Å². The van der Waals surface area contributed by atoms with E-state index in [9.17, 15) is 5.11 Å². The summed E-state index contributed by atoms with van der Waals surface area (Å²) in [7, 11) is 0. The van der Waals surface area contributed by atoms with Crippen LogP contribution in [0.5, 0.6) is 0 Å². The fourth-order valence-corrected chi connectivity index (χ4v) is 2.39. The average molecular weight is 298 g/mol. The van der Waals surface area contributed by atoms with Crippen molar-refractivity contribution in [1.29, 1.82) is 0 Å². The molecular weight excluding hydrogens is 278 g/mol. The van der Waals surface area contributed by atoms with Crippen molar-refractivity contribution in [2.75, 3.05) is 13.2 Å². The predicted octanol–water partition coefficient (Wildman–Crippen LogP) is 3.05. The molecule has 0 amide bonds. The first-order valence-corrected chi connectivity index (χ1v) is 7.11. The molecule has 17 heavy (non-hydrogen) atoms. The van der Waals surface area contributed by atoms with Crippen LogP contribution in [0, 0.1) is 5.92 Å². The van der Waals surface area contributed by atoms with Gasteiger partial charge in [0.15, 0.2) is 0 Å². The van der Waals surface area contributed by atoms with Crippen molar-refractivity contribution in [1.82, 2.24) is 5.32 Å². The minimum atomic E-state index is -0.275. The van der Waals surface area contributed by atoms with Crippen LogP contribution in [-0.4, -0.2) is 18.3 Å². The van der Waals surface area contributed by atoms with Gasteiger partial charge in [-0.05, 0) is 49.4 Å². The summed E-state index contributed by atoms with van der Waals surface area (Å²) in [5, 5.41) is 13.3. The van der Waals surface area contributed by atoms with E-state index in [1.807, 2.05) is 12.1 Å². The van der Waals surface area contributed by atoms with Crippen LogP contribution in [-0.2, 0) is 5.54 Å². The zero-order valence-electron chi connectivity index (χ0n) is 10.2. The van der Waals surface area contributed by atoms with Gasteiger partial charge in [-0.2, -0.15) is 0 Å². The summed E-state index contributed by atoms with van der Waals surface area (Å²) in [5.41, 5.74) is 0.898. The molecule has 2 N–H and O–H groups in total. The smallest absolute Gasteiger partial charge is 0.0666 e. The molecule has 0 aromatic heterocycles. The Bertz CT molecular complexity index is 355. The van der Waals surface area contributed by atoms with Crippen LogP contribution in [0.4, 0.5) is 0 Å².